The van der Waals surface area contributed by atoms with Gasteiger partial charge in [-0.1, -0.05) is 50.2 Å². The van der Waals surface area contributed by atoms with Crippen molar-refractivity contribution in [1.82, 2.24) is 10.2 Å². The van der Waals surface area contributed by atoms with Gasteiger partial charge in [-0.25, -0.2) is 0 Å². The molecule has 1 saturated carbocycles. The maximum absolute atomic E-state index is 12.0. The lowest BCUT2D eigenvalue weighted by molar-refractivity contribution is -0.131. The van der Waals surface area contributed by atoms with E-state index in [-0.39, 0.29) is 29.7 Å². The molecule has 2 fully saturated rings. The number of nitrogens with one attached hydrogen (secondary N) is 1. The number of amides is 2. The average Bonchev–Trinajstić information content (AvgIpc) is 2.67. The molecule has 0 spiro atoms. The van der Waals surface area contributed by atoms with Crippen molar-refractivity contribution >= 4 is 40.1 Å². The second-order valence-electron chi connectivity index (χ2n) is 5.11. The van der Waals surface area contributed by atoms with Gasteiger partial charge in [0.1, 0.15) is 10.9 Å². The van der Waals surface area contributed by atoms with E-state index in [9.17, 15) is 9.59 Å². The summed E-state index contributed by atoms with van der Waals surface area (Å²) in [5, 5.41) is 2.92. The molecule has 106 valence electrons. The summed E-state index contributed by atoms with van der Waals surface area (Å²) >= 11 is 6.57. The van der Waals surface area contributed by atoms with Gasteiger partial charge in [0.25, 0.3) is 0 Å². The molecular weight excluding hydrogens is 280 g/mol. The normalized spacial score (nSPS) is 24.9. The van der Waals surface area contributed by atoms with Gasteiger partial charge in [0.05, 0.1) is 5.25 Å². The highest BCUT2D eigenvalue weighted by molar-refractivity contribution is 8.24. The van der Waals surface area contributed by atoms with E-state index in [4.69, 9.17) is 12.2 Å². The maximum atomic E-state index is 12.0. The third-order valence-electron chi connectivity index (χ3n) is 3.65. The molecular formula is C13H20N2O2S2. The van der Waals surface area contributed by atoms with Crippen molar-refractivity contribution in [1.29, 1.82) is 0 Å². The summed E-state index contributed by atoms with van der Waals surface area (Å²) in [4.78, 5) is 25.4. The fourth-order valence-corrected chi connectivity index (χ4v) is 3.99. The minimum atomic E-state index is -0.102. The van der Waals surface area contributed by atoms with Crippen molar-refractivity contribution in [3.8, 4) is 0 Å². The Hall–Kier alpha value is -0.620. The summed E-state index contributed by atoms with van der Waals surface area (Å²) in [6, 6.07) is 0.280. The number of hydrogen-bond donors (Lipinski definition) is 1. The first-order valence-corrected chi connectivity index (χ1v) is 8.22. The molecule has 1 aliphatic heterocycles. The van der Waals surface area contributed by atoms with Crippen molar-refractivity contribution in [3.05, 3.63) is 0 Å². The zero-order valence-corrected chi connectivity index (χ0v) is 12.8. The van der Waals surface area contributed by atoms with Gasteiger partial charge in [-0.15, -0.1) is 0 Å². The van der Waals surface area contributed by atoms with Gasteiger partial charge in [0.15, 0.2) is 0 Å². The minimum absolute atomic E-state index is 0.0173. The highest BCUT2D eigenvalue weighted by atomic mass is 32.2. The topological polar surface area (TPSA) is 49.4 Å². The first-order valence-electron chi connectivity index (χ1n) is 6.93. The van der Waals surface area contributed by atoms with Crippen molar-refractivity contribution in [2.45, 2.75) is 56.7 Å². The predicted molar refractivity (Wildman–Crippen MR) is 81.0 cm³/mol. The molecule has 19 heavy (non-hydrogen) atoms. The van der Waals surface area contributed by atoms with Gasteiger partial charge in [-0.3, -0.25) is 14.5 Å². The molecule has 1 atom stereocenters. The van der Waals surface area contributed by atoms with Crippen LogP contribution in [0.5, 0.6) is 0 Å². The lowest BCUT2D eigenvalue weighted by Gasteiger charge is -2.24. The van der Waals surface area contributed by atoms with Crippen LogP contribution in [0.15, 0.2) is 0 Å². The Morgan fingerprint density at radius 3 is 2.68 bits per heavy atom. The van der Waals surface area contributed by atoms with Gasteiger partial charge < -0.3 is 5.32 Å². The molecule has 2 amide bonds. The lowest BCUT2D eigenvalue weighted by atomic mass is 9.95. The van der Waals surface area contributed by atoms with Crippen LogP contribution in [0.1, 0.15) is 45.4 Å². The number of rotatable bonds is 4. The average molecular weight is 300 g/mol. The molecule has 0 aromatic heterocycles. The van der Waals surface area contributed by atoms with Gasteiger partial charge in [0, 0.05) is 6.04 Å². The van der Waals surface area contributed by atoms with E-state index in [1.54, 1.807) is 0 Å². The number of carbonyl (C=O) groups excluding carboxylic acids is 2. The van der Waals surface area contributed by atoms with E-state index in [0.29, 0.717) is 4.32 Å². The number of thiocarbonyl (C=S) groups is 1. The Morgan fingerprint density at radius 1 is 1.42 bits per heavy atom. The number of carbonyl (C=O) groups is 2. The summed E-state index contributed by atoms with van der Waals surface area (Å²) in [5.74, 6) is -0.101. The van der Waals surface area contributed by atoms with Gasteiger partial charge in [-0.2, -0.15) is 0 Å². The van der Waals surface area contributed by atoms with Crippen LogP contribution in [0.2, 0.25) is 0 Å². The van der Waals surface area contributed by atoms with Crippen LogP contribution >= 0.6 is 24.0 Å². The maximum Gasteiger partial charge on any atom is 0.242 e. The van der Waals surface area contributed by atoms with Gasteiger partial charge in [-0.05, 0) is 19.3 Å². The van der Waals surface area contributed by atoms with E-state index < -0.39 is 0 Å². The summed E-state index contributed by atoms with van der Waals surface area (Å²) in [7, 11) is 0. The van der Waals surface area contributed by atoms with E-state index >= 15 is 0 Å². The summed E-state index contributed by atoms with van der Waals surface area (Å²) < 4.78 is 0.538. The van der Waals surface area contributed by atoms with Crippen molar-refractivity contribution < 1.29 is 9.59 Å². The Kier molecular flexibility index (Phi) is 5.21. The smallest absolute Gasteiger partial charge is 0.242 e. The molecule has 1 unspecified atom stereocenters. The van der Waals surface area contributed by atoms with Crippen molar-refractivity contribution in [2.75, 3.05) is 6.54 Å². The van der Waals surface area contributed by atoms with Crippen molar-refractivity contribution in [3.63, 3.8) is 0 Å². The van der Waals surface area contributed by atoms with Crippen LogP contribution in [0.25, 0.3) is 0 Å². The van der Waals surface area contributed by atoms with Crippen LogP contribution in [-0.2, 0) is 9.59 Å². The molecule has 2 rings (SSSR count). The molecule has 0 bridgehead atoms. The summed E-state index contributed by atoms with van der Waals surface area (Å²) in [5.41, 5.74) is 0. The molecule has 1 N–H and O–H groups in total. The van der Waals surface area contributed by atoms with Crippen LogP contribution in [0.4, 0.5) is 0 Å². The molecule has 2 aliphatic rings. The van der Waals surface area contributed by atoms with E-state index in [1.165, 1.54) is 35.9 Å². The fraction of sp³-hybridized carbons (Fsp3) is 0.769. The molecule has 1 heterocycles. The van der Waals surface area contributed by atoms with Crippen LogP contribution in [0, 0.1) is 0 Å². The third kappa shape index (κ3) is 3.69. The lowest BCUT2D eigenvalue weighted by Crippen LogP contribution is -2.44. The number of hydrogen-bond acceptors (Lipinski definition) is 4. The molecule has 6 heteroatoms. The first-order chi connectivity index (χ1) is 9.11. The second-order valence-corrected chi connectivity index (χ2v) is 6.94. The molecule has 0 aromatic carbocycles. The van der Waals surface area contributed by atoms with Crippen LogP contribution in [0.3, 0.4) is 0 Å². The molecule has 0 aromatic rings. The highest BCUT2D eigenvalue weighted by Gasteiger charge is 2.36. The monoisotopic (exact) mass is 300 g/mol. The molecule has 0 radical (unpaired) electrons. The first kappa shape index (κ1) is 14.8. The Morgan fingerprint density at radius 2 is 2.11 bits per heavy atom. The zero-order chi connectivity index (χ0) is 13.8. The second kappa shape index (κ2) is 6.70. The van der Waals surface area contributed by atoms with Gasteiger partial charge >= 0.3 is 0 Å². The van der Waals surface area contributed by atoms with Crippen LogP contribution < -0.4 is 5.32 Å². The van der Waals surface area contributed by atoms with E-state index in [0.717, 1.165) is 19.3 Å². The van der Waals surface area contributed by atoms with E-state index in [2.05, 4.69) is 5.32 Å². The minimum Gasteiger partial charge on any atom is -0.352 e. The van der Waals surface area contributed by atoms with Gasteiger partial charge in [0.2, 0.25) is 11.8 Å². The SMILES string of the molecule is CCC1SC(=S)N(CC(=O)NC2CCCCC2)C1=O. The number of nitrogens with zero attached hydrogens (tertiary/aromatic N) is 1. The standard InChI is InChI=1S/C13H20N2O2S2/c1-2-10-12(17)15(13(18)19-10)8-11(16)14-9-6-4-3-5-7-9/h9-10H,2-8H2,1H3,(H,14,16). The Bertz CT molecular complexity index is 381. The quantitative estimate of drug-likeness (QED) is 0.808. The largest absolute Gasteiger partial charge is 0.352 e. The third-order valence-corrected chi connectivity index (χ3v) is 5.40. The Balaban J connectivity index is 1.84. The Labute approximate surface area is 123 Å². The molecule has 4 nitrogen and oxygen atoms in total. The highest BCUT2D eigenvalue weighted by Crippen LogP contribution is 2.29. The number of thioether (sulfide) groups is 1. The summed E-state index contributed by atoms with van der Waals surface area (Å²) in [6.45, 7) is 2.04. The zero-order valence-electron chi connectivity index (χ0n) is 11.2. The van der Waals surface area contributed by atoms with Crippen molar-refractivity contribution in [2.24, 2.45) is 0 Å². The summed E-state index contributed by atoms with van der Waals surface area (Å²) in [6.07, 6.45) is 6.48. The van der Waals surface area contributed by atoms with Crippen LogP contribution in [-0.4, -0.2) is 38.9 Å². The molecule has 1 saturated heterocycles. The fourth-order valence-electron chi connectivity index (χ4n) is 2.56. The predicted octanol–water partition coefficient (Wildman–Crippen LogP) is 2.07. The van der Waals surface area contributed by atoms with E-state index in [1.807, 2.05) is 6.92 Å². The molecule has 1 aliphatic carbocycles.